The summed E-state index contributed by atoms with van der Waals surface area (Å²) in [6.07, 6.45) is 2.45. The largest absolute Gasteiger partial charge is 0.494 e. The maximum Gasteiger partial charge on any atom is 0.307 e. The molecular weight excluding hydrogens is 329 g/mol. The van der Waals surface area contributed by atoms with E-state index in [1.54, 1.807) is 18.2 Å². The van der Waals surface area contributed by atoms with Gasteiger partial charge in [-0.25, -0.2) is 4.39 Å². The maximum atomic E-state index is 14.1. The van der Waals surface area contributed by atoms with Gasteiger partial charge in [-0.1, -0.05) is 0 Å². The lowest BCUT2D eigenvalue weighted by Crippen LogP contribution is -2.46. The second kappa shape index (κ2) is 6.96. The smallest absolute Gasteiger partial charge is 0.307 e. The van der Waals surface area contributed by atoms with Crippen LogP contribution >= 0.6 is 0 Å². The number of anilines is 1. The van der Waals surface area contributed by atoms with E-state index in [1.807, 2.05) is 0 Å². The average molecular weight is 347 g/mol. The van der Waals surface area contributed by atoms with Gasteiger partial charge in [-0.05, 0) is 37.1 Å². The number of carboxylic acid groups (broad SMARTS) is 1. The number of rotatable bonds is 6. The first-order valence-corrected chi connectivity index (χ1v) is 7.91. The standard InChI is InChI=1S/C18H18FNO5/c1-24-16-7-4-11(9-15(16)19)20(10-12-3-2-8-25-12)17(21)13-5-6-14(13)18(22)23/h2-4,7-9,13-14H,5-6,10H2,1H3,(H,22,23)/t13-,14+/m1/s1. The van der Waals surface area contributed by atoms with E-state index in [2.05, 4.69) is 0 Å². The van der Waals surface area contributed by atoms with Gasteiger partial charge in [0.15, 0.2) is 11.6 Å². The highest BCUT2D eigenvalue weighted by Gasteiger charge is 2.43. The Labute approximate surface area is 143 Å². The van der Waals surface area contributed by atoms with Gasteiger partial charge in [0, 0.05) is 11.8 Å². The second-order valence-electron chi connectivity index (χ2n) is 5.95. The quantitative estimate of drug-likeness (QED) is 0.869. The van der Waals surface area contributed by atoms with Crippen LogP contribution in [0.1, 0.15) is 18.6 Å². The van der Waals surface area contributed by atoms with Crippen LogP contribution in [0.2, 0.25) is 0 Å². The van der Waals surface area contributed by atoms with E-state index in [0.717, 1.165) is 0 Å². The number of carboxylic acids is 1. The van der Waals surface area contributed by atoms with Gasteiger partial charge < -0.3 is 19.2 Å². The van der Waals surface area contributed by atoms with E-state index in [0.29, 0.717) is 24.3 Å². The SMILES string of the molecule is COc1ccc(N(Cc2ccco2)C(=O)[C@@H]2CC[C@@H]2C(=O)O)cc1F. The first-order chi connectivity index (χ1) is 12.0. The Morgan fingerprint density at radius 3 is 2.60 bits per heavy atom. The molecule has 132 valence electrons. The van der Waals surface area contributed by atoms with Crippen LogP contribution < -0.4 is 9.64 Å². The number of methoxy groups -OCH3 is 1. The molecule has 0 radical (unpaired) electrons. The van der Waals surface area contributed by atoms with Crippen LogP contribution in [0.15, 0.2) is 41.0 Å². The zero-order valence-corrected chi connectivity index (χ0v) is 13.6. The Kier molecular flexibility index (Phi) is 4.74. The lowest BCUT2D eigenvalue weighted by atomic mass is 9.73. The summed E-state index contributed by atoms with van der Waals surface area (Å²) in [6, 6.07) is 7.60. The van der Waals surface area contributed by atoms with Crippen molar-refractivity contribution in [1.82, 2.24) is 0 Å². The first kappa shape index (κ1) is 17.0. The number of benzene rings is 1. The number of amides is 1. The highest BCUT2D eigenvalue weighted by molar-refractivity contribution is 5.98. The highest BCUT2D eigenvalue weighted by atomic mass is 19.1. The third-order valence-corrected chi connectivity index (χ3v) is 4.52. The zero-order chi connectivity index (χ0) is 18.0. The summed E-state index contributed by atoms with van der Waals surface area (Å²) in [6.45, 7) is 0.0977. The molecule has 1 aliphatic rings. The fourth-order valence-corrected chi connectivity index (χ4v) is 2.97. The van der Waals surface area contributed by atoms with Crippen molar-refractivity contribution >= 4 is 17.6 Å². The lowest BCUT2D eigenvalue weighted by Gasteiger charge is -2.36. The van der Waals surface area contributed by atoms with Gasteiger partial charge in [0.1, 0.15) is 5.76 Å². The number of furan rings is 1. The number of hydrogen-bond donors (Lipinski definition) is 1. The minimum Gasteiger partial charge on any atom is -0.494 e. The van der Waals surface area contributed by atoms with E-state index in [-0.39, 0.29) is 18.2 Å². The fourth-order valence-electron chi connectivity index (χ4n) is 2.97. The fraction of sp³-hybridized carbons (Fsp3) is 0.333. The summed E-state index contributed by atoms with van der Waals surface area (Å²) in [7, 11) is 1.36. The monoisotopic (exact) mass is 347 g/mol. The van der Waals surface area contributed by atoms with Gasteiger partial charge >= 0.3 is 5.97 Å². The molecule has 1 heterocycles. The van der Waals surface area contributed by atoms with Crippen molar-refractivity contribution in [2.24, 2.45) is 11.8 Å². The summed E-state index contributed by atoms with van der Waals surface area (Å²) in [4.78, 5) is 25.5. The first-order valence-electron chi connectivity index (χ1n) is 7.91. The molecule has 0 saturated heterocycles. The van der Waals surface area contributed by atoms with Crippen molar-refractivity contribution in [3.8, 4) is 5.75 Å². The zero-order valence-electron chi connectivity index (χ0n) is 13.6. The van der Waals surface area contributed by atoms with Gasteiger partial charge in [0.2, 0.25) is 5.91 Å². The van der Waals surface area contributed by atoms with Gasteiger partial charge in [0.05, 0.1) is 31.8 Å². The van der Waals surface area contributed by atoms with Crippen LogP contribution in [-0.4, -0.2) is 24.1 Å². The van der Waals surface area contributed by atoms with Gasteiger partial charge in [0.25, 0.3) is 0 Å². The van der Waals surface area contributed by atoms with Crippen LogP contribution in [0.4, 0.5) is 10.1 Å². The normalized spacial score (nSPS) is 19.1. The number of aliphatic carboxylic acids is 1. The molecule has 1 amide bonds. The molecule has 0 bridgehead atoms. The molecule has 1 saturated carbocycles. The molecule has 1 aliphatic carbocycles. The lowest BCUT2D eigenvalue weighted by molar-refractivity contribution is -0.152. The van der Waals surface area contributed by atoms with Crippen molar-refractivity contribution in [1.29, 1.82) is 0 Å². The summed E-state index contributed by atoms with van der Waals surface area (Å²) in [5.41, 5.74) is 0.329. The van der Waals surface area contributed by atoms with E-state index < -0.39 is 23.6 Å². The molecule has 2 atom stereocenters. The Balaban J connectivity index is 1.91. The Morgan fingerprint density at radius 2 is 2.08 bits per heavy atom. The van der Waals surface area contributed by atoms with E-state index in [1.165, 1.54) is 30.4 Å². The number of hydrogen-bond acceptors (Lipinski definition) is 4. The minimum atomic E-state index is -0.983. The molecule has 1 fully saturated rings. The molecule has 2 aromatic rings. The third-order valence-electron chi connectivity index (χ3n) is 4.52. The van der Waals surface area contributed by atoms with Crippen molar-refractivity contribution in [2.75, 3.05) is 12.0 Å². The molecule has 6 nitrogen and oxygen atoms in total. The minimum absolute atomic E-state index is 0.0706. The molecule has 3 rings (SSSR count). The van der Waals surface area contributed by atoms with Crippen LogP contribution in [0.3, 0.4) is 0 Å². The second-order valence-corrected chi connectivity index (χ2v) is 5.95. The molecule has 0 aliphatic heterocycles. The topological polar surface area (TPSA) is 80.0 Å². The molecular formula is C18H18FNO5. The van der Waals surface area contributed by atoms with Crippen molar-refractivity contribution < 1.29 is 28.2 Å². The maximum absolute atomic E-state index is 14.1. The third kappa shape index (κ3) is 3.35. The Bertz CT molecular complexity index is 774. The molecule has 1 N–H and O–H groups in total. The Morgan fingerprint density at radius 1 is 1.32 bits per heavy atom. The number of nitrogens with zero attached hydrogens (tertiary/aromatic N) is 1. The number of carbonyl (C=O) groups excluding carboxylic acids is 1. The number of halogens is 1. The molecule has 1 aromatic heterocycles. The number of ether oxygens (including phenoxy) is 1. The molecule has 7 heteroatoms. The summed E-state index contributed by atoms with van der Waals surface area (Å²) in [5.74, 6) is -2.65. The van der Waals surface area contributed by atoms with Gasteiger partial charge in [-0.3, -0.25) is 9.59 Å². The predicted molar refractivity (Wildman–Crippen MR) is 86.7 cm³/mol. The van der Waals surface area contributed by atoms with E-state index in [9.17, 15) is 19.1 Å². The van der Waals surface area contributed by atoms with E-state index in [4.69, 9.17) is 9.15 Å². The van der Waals surface area contributed by atoms with Crippen LogP contribution in [0.25, 0.3) is 0 Å². The van der Waals surface area contributed by atoms with Gasteiger partial charge in [-0.15, -0.1) is 0 Å². The molecule has 0 spiro atoms. The molecule has 0 unspecified atom stereocenters. The molecule has 25 heavy (non-hydrogen) atoms. The van der Waals surface area contributed by atoms with E-state index >= 15 is 0 Å². The van der Waals surface area contributed by atoms with Crippen LogP contribution in [0, 0.1) is 17.7 Å². The van der Waals surface area contributed by atoms with Crippen LogP contribution in [0.5, 0.6) is 5.75 Å². The Hall–Kier alpha value is -2.83. The molecule has 1 aromatic carbocycles. The van der Waals surface area contributed by atoms with Crippen molar-refractivity contribution in [3.63, 3.8) is 0 Å². The summed E-state index contributed by atoms with van der Waals surface area (Å²) in [5, 5.41) is 9.21. The van der Waals surface area contributed by atoms with Crippen molar-refractivity contribution in [3.05, 3.63) is 48.2 Å². The predicted octanol–water partition coefficient (Wildman–Crippen LogP) is 3.07. The summed E-state index contributed by atoms with van der Waals surface area (Å²) >= 11 is 0. The highest BCUT2D eigenvalue weighted by Crippen LogP contribution is 2.37. The summed E-state index contributed by atoms with van der Waals surface area (Å²) < 4.78 is 24.3. The van der Waals surface area contributed by atoms with Crippen molar-refractivity contribution in [2.45, 2.75) is 19.4 Å². The van der Waals surface area contributed by atoms with Gasteiger partial charge in [-0.2, -0.15) is 0 Å². The van der Waals surface area contributed by atoms with Crippen LogP contribution in [-0.2, 0) is 16.1 Å². The number of carbonyl (C=O) groups is 2. The average Bonchev–Trinajstić information content (AvgIpc) is 3.04.